The molecule has 198 valence electrons. The van der Waals surface area contributed by atoms with E-state index in [9.17, 15) is 26.4 Å². The van der Waals surface area contributed by atoms with Crippen molar-refractivity contribution in [3.8, 4) is 11.3 Å². The van der Waals surface area contributed by atoms with Crippen LogP contribution in [0, 0.1) is 6.92 Å². The summed E-state index contributed by atoms with van der Waals surface area (Å²) in [4.78, 5) is 13.4. The molecule has 1 fully saturated rings. The first-order valence-corrected chi connectivity index (χ1v) is 13.1. The first-order chi connectivity index (χ1) is 17.4. The Morgan fingerprint density at radius 3 is 2.32 bits per heavy atom. The van der Waals surface area contributed by atoms with Crippen molar-refractivity contribution in [3.05, 3.63) is 65.4 Å². The van der Waals surface area contributed by atoms with Crippen LogP contribution >= 0.6 is 0 Å². The van der Waals surface area contributed by atoms with Crippen molar-refractivity contribution in [1.29, 1.82) is 0 Å². The van der Waals surface area contributed by atoms with E-state index in [2.05, 4.69) is 10.4 Å². The SMILES string of the molecule is Cc1ccc(NC(=O)c2cn(C(C)C)nc2-c2ccc(C(F)(F)F)cc2)cc1S(=O)(=O)N1CCOCC1. The summed E-state index contributed by atoms with van der Waals surface area (Å²) in [6, 6.07) is 8.91. The molecule has 0 aliphatic carbocycles. The lowest BCUT2D eigenvalue weighted by atomic mass is 10.1. The number of ether oxygens (including phenoxy) is 1. The van der Waals surface area contributed by atoms with Crippen LogP contribution in [0.3, 0.4) is 0 Å². The van der Waals surface area contributed by atoms with Crippen molar-refractivity contribution in [3.63, 3.8) is 0 Å². The van der Waals surface area contributed by atoms with Gasteiger partial charge < -0.3 is 10.1 Å². The maximum atomic E-state index is 13.3. The van der Waals surface area contributed by atoms with Gasteiger partial charge in [-0.25, -0.2) is 8.42 Å². The molecule has 2 heterocycles. The largest absolute Gasteiger partial charge is 0.416 e. The Labute approximate surface area is 213 Å². The highest BCUT2D eigenvalue weighted by Gasteiger charge is 2.31. The summed E-state index contributed by atoms with van der Waals surface area (Å²) in [6.45, 7) is 6.48. The Balaban J connectivity index is 1.66. The van der Waals surface area contributed by atoms with Gasteiger partial charge >= 0.3 is 6.18 Å². The molecule has 0 unspecified atom stereocenters. The number of nitrogens with zero attached hydrogens (tertiary/aromatic N) is 3. The number of amides is 1. The van der Waals surface area contributed by atoms with E-state index in [0.717, 1.165) is 12.1 Å². The number of benzene rings is 2. The smallest absolute Gasteiger partial charge is 0.379 e. The van der Waals surface area contributed by atoms with Gasteiger partial charge in [0.05, 0.1) is 29.2 Å². The van der Waals surface area contributed by atoms with Gasteiger partial charge in [0.2, 0.25) is 10.0 Å². The van der Waals surface area contributed by atoms with E-state index in [4.69, 9.17) is 4.74 Å². The fourth-order valence-corrected chi connectivity index (χ4v) is 5.59. The van der Waals surface area contributed by atoms with E-state index >= 15 is 0 Å². The zero-order chi connectivity index (χ0) is 27.0. The number of hydrogen-bond acceptors (Lipinski definition) is 5. The Morgan fingerprint density at radius 1 is 1.08 bits per heavy atom. The maximum Gasteiger partial charge on any atom is 0.416 e. The highest BCUT2D eigenvalue weighted by atomic mass is 32.2. The highest BCUT2D eigenvalue weighted by molar-refractivity contribution is 7.89. The van der Waals surface area contributed by atoms with Gasteiger partial charge in [-0.15, -0.1) is 0 Å². The predicted molar refractivity (Wildman–Crippen MR) is 132 cm³/mol. The predicted octanol–water partition coefficient (Wildman–Crippen LogP) is 4.73. The van der Waals surface area contributed by atoms with Crippen LogP contribution in [-0.4, -0.2) is 54.7 Å². The molecule has 1 aromatic heterocycles. The topological polar surface area (TPSA) is 93.5 Å². The average Bonchev–Trinajstić information content (AvgIpc) is 3.31. The van der Waals surface area contributed by atoms with Gasteiger partial charge in [0.25, 0.3) is 5.91 Å². The number of anilines is 1. The normalized spacial score (nSPS) is 15.2. The maximum absolute atomic E-state index is 13.3. The number of carbonyl (C=O) groups is 1. The van der Waals surface area contributed by atoms with Crippen molar-refractivity contribution in [2.75, 3.05) is 31.6 Å². The summed E-state index contributed by atoms with van der Waals surface area (Å²) in [5.41, 5.74) is 0.691. The van der Waals surface area contributed by atoms with E-state index < -0.39 is 27.7 Å². The van der Waals surface area contributed by atoms with Crippen LogP contribution in [0.5, 0.6) is 0 Å². The van der Waals surface area contributed by atoms with Gasteiger partial charge in [-0.3, -0.25) is 9.48 Å². The lowest BCUT2D eigenvalue weighted by Crippen LogP contribution is -2.40. The number of sulfonamides is 1. The molecular formula is C25H27F3N4O4S. The minimum atomic E-state index is -4.49. The molecule has 0 bridgehead atoms. The number of aromatic nitrogens is 2. The number of nitrogens with one attached hydrogen (secondary N) is 1. The quantitative estimate of drug-likeness (QED) is 0.492. The molecule has 1 saturated heterocycles. The molecule has 37 heavy (non-hydrogen) atoms. The summed E-state index contributed by atoms with van der Waals surface area (Å²) in [5.74, 6) is -0.569. The first-order valence-electron chi connectivity index (χ1n) is 11.6. The van der Waals surface area contributed by atoms with Gasteiger partial charge in [0.15, 0.2) is 0 Å². The molecule has 1 amide bonds. The van der Waals surface area contributed by atoms with E-state index in [1.807, 2.05) is 13.8 Å². The molecule has 12 heteroatoms. The molecule has 0 saturated carbocycles. The Morgan fingerprint density at radius 2 is 1.73 bits per heavy atom. The third-order valence-electron chi connectivity index (χ3n) is 6.03. The molecule has 1 aliphatic heterocycles. The zero-order valence-corrected chi connectivity index (χ0v) is 21.4. The molecule has 3 aromatic rings. The molecule has 0 spiro atoms. The minimum absolute atomic E-state index is 0.0769. The number of halogens is 3. The van der Waals surface area contributed by atoms with Crippen molar-refractivity contribution in [1.82, 2.24) is 14.1 Å². The van der Waals surface area contributed by atoms with Gasteiger partial charge in [0, 0.05) is 36.6 Å². The van der Waals surface area contributed by atoms with Crippen LogP contribution in [0.15, 0.2) is 53.6 Å². The number of morpholine rings is 1. The number of aryl methyl sites for hydroxylation is 1. The first kappa shape index (κ1) is 26.8. The Kier molecular flexibility index (Phi) is 7.45. The van der Waals surface area contributed by atoms with Crippen LogP contribution in [-0.2, 0) is 20.9 Å². The highest BCUT2D eigenvalue weighted by Crippen LogP contribution is 2.32. The molecule has 8 nitrogen and oxygen atoms in total. The number of hydrogen-bond donors (Lipinski definition) is 1. The number of carbonyl (C=O) groups excluding carboxylic acids is 1. The third-order valence-corrected chi connectivity index (χ3v) is 8.07. The van der Waals surface area contributed by atoms with Gasteiger partial charge in [-0.05, 0) is 50.6 Å². The van der Waals surface area contributed by atoms with Crippen LogP contribution in [0.1, 0.15) is 41.4 Å². The summed E-state index contributed by atoms with van der Waals surface area (Å²) in [6.07, 6.45) is -2.96. The third kappa shape index (κ3) is 5.71. The lowest BCUT2D eigenvalue weighted by Gasteiger charge is -2.26. The summed E-state index contributed by atoms with van der Waals surface area (Å²) >= 11 is 0. The summed E-state index contributed by atoms with van der Waals surface area (Å²) in [5, 5.41) is 7.15. The van der Waals surface area contributed by atoms with E-state index in [-0.39, 0.29) is 41.0 Å². The van der Waals surface area contributed by atoms with Crippen molar-refractivity contribution >= 4 is 21.6 Å². The monoisotopic (exact) mass is 536 g/mol. The van der Waals surface area contributed by atoms with Crippen LogP contribution in [0.2, 0.25) is 0 Å². The second-order valence-electron chi connectivity index (χ2n) is 8.99. The fourth-order valence-electron chi connectivity index (χ4n) is 3.93. The van der Waals surface area contributed by atoms with Gasteiger partial charge in [-0.1, -0.05) is 18.2 Å². The lowest BCUT2D eigenvalue weighted by molar-refractivity contribution is -0.137. The minimum Gasteiger partial charge on any atom is -0.379 e. The molecular weight excluding hydrogens is 509 g/mol. The van der Waals surface area contributed by atoms with Crippen LogP contribution in [0.4, 0.5) is 18.9 Å². The second kappa shape index (κ2) is 10.3. The van der Waals surface area contributed by atoms with E-state index in [1.165, 1.54) is 28.7 Å². The molecule has 2 aromatic carbocycles. The van der Waals surface area contributed by atoms with Crippen molar-refractivity contribution < 1.29 is 31.1 Å². The van der Waals surface area contributed by atoms with Gasteiger partial charge in [0.1, 0.15) is 5.69 Å². The van der Waals surface area contributed by atoms with Crippen LogP contribution in [0.25, 0.3) is 11.3 Å². The Bertz CT molecular complexity index is 1390. The van der Waals surface area contributed by atoms with E-state index in [0.29, 0.717) is 24.3 Å². The molecule has 0 atom stereocenters. The molecule has 1 N–H and O–H groups in total. The number of alkyl halides is 3. The fraction of sp³-hybridized carbons (Fsp3) is 0.360. The zero-order valence-electron chi connectivity index (χ0n) is 20.5. The molecule has 1 aliphatic rings. The number of rotatable bonds is 6. The summed E-state index contributed by atoms with van der Waals surface area (Å²) in [7, 11) is -3.80. The van der Waals surface area contributed by atoms with Crippen molar-refractivity contribution in [2.45, 2.75) is 37.9 Å². The van der Waals surface area contributed by atoms with Crippen molar-refractivity contribution in [2.24, 2.45) is 0 Å². The average molecular weight is 537 g/mol. The second-order valence-corrected chi connectivity index (χ2v) is 10.9. The van der Waals surface area contributed by atoms with Gasteiger partial charge in [-0.2, -0.15) is 22.6 Å². The van der Waals surface area contributed by atoms with Crippen LogP contribution < -0.4 is 5.32 Å². The molecule has 4 rings (SSSR count). The standard InChI is InChI=1S/C25H27F3N4O4S/c1-16(2)32-15-21(23(30-32)18-5-7-19(8-6-18)25(26,27)28)24(33)29-20-9-4-17(3)22(14-20)37(34,35)31-10-12-36-13-11-31/h4-9,14-16H,10-13H2,1-3H3,(H,29,33). The van der Waals surface area contributed by atoms with E-state index in [1.54, 1.807) is 23.7 Å². The Hall–Kier alpha value is -3.22. The molecule has 0 radical (unpaired) electrons. The summed E-state index contributed by atoms with van der Waals surface area (Å²) < 4.78 is 73.6.